The first-order valence-electron chi connectivity index (χ1n) is 10.5. The van der Waals surface area contributed by atoms with Crippen molar-refractivity contribution in [3.8, 4) is 0 Å². The lowest BCUT2D eigenvalue weighted by molar-refractivity contribution is 0.102. The van der Waals surface area contributed by atoms with Crippen molar-refractivity contribution in [3.63, 3.8) is 0 Å². The van der Waals surface area contributed by atoms with E-state index < -0.39 is 25.8 Å². The van der Waals surface area contributed by atoms with E-state index in [1.165, 1.54) is 47.8 Å². The molecule has 1 N–H and O–H groups in total. The summed E-state index contributed by atoms with van der Waals surface area (Å²) < 4.78 is 55.0. The van der Waals surface area contributed by atoms with Crippen LogP contribution < -0.4 is 5.32 Å². The number of unbranched alkanes of at least 4 members (excludes halogenated alkanes) is 1. The molecule has 0 aliphatic carbocycles. The van der Waals surface area contributed by atoms with E-state index in [-0.39, 0.29) is 33.7 Å². The average Bonchev–Trinajstić information content (AvgIpc) is 3.23. The van der Waals surface area contributed by atoms with E-state index in [2.05, 4.69) is 15.5 Å². The van der Waals surface area contributed by atoms with Gasteiger partial charge in [-0.25, -0.2) is 21.1 Å². The molecule has 0 unspecified atom stereocenters. The Hall–Kier alpha value is -3.09. The molecular weight excluding hydrogens is 480 g/mol. The number of nitrogens with zero attached hydrogens (tertiary/aromatic N) is 3. The molecule has 12 heteroatoms. The number of nitrogens with one attached hydrogen (secondary N) is 1. The van der Waals surface area contributed by atoms with Crippen LogP contribution in [0.2, 0.25) is 0 Å². The smallest absolute Gasteiger partial charge is 0.322 e. The Morgan fingerprint density at radius 3 is 2.18 bits per heavy atom. The third kappa shape index (κ3) is 6.27. The number of hydrogen-bond acceptors (Lipinski definition) is 8. The molecule has 0 aliphatic rings. The van der Waals surface area contributed by atoms with E-state index in [0.717, 1.165) is 24.7 Å². The van der Waals surface area contributed by atoms with Gasteiger partial charge in [0.2, 0.25) is 15.9 Å². The fourth-order valence-corrected chi connectivity index (χ4v) is 4.87. The minimum atomic E-state index is -3.62. The Morgan fingerprint density at radius 1 is 0.971 bits per heavy atom. The SMILES string of the molecule is CCCCN(C)S(=O)(=O)c1ccc(C(=O)Nc2nnc(Cc3ccc(S(C)(=O)=O)cc3)o2)cc1. The van der Waals surface area contributed by atoms with Gasteiger partial charge in [0.05, 0.1) is 16.2 Å². The summed E-state index contributed by atoms with van der Waals surface area (Å²) in [7, 11) is -5.38. The average molecular weight is 507 g/mol. The van der Waals surface area contributed by atoms with Crippen molar-refractivity contribution < 1.29 is 26.0 Å². The third-order valence-electron chi connectivity index (χ3n) is 5.05. The minimum Gasteiger partial charge on any atom is -0.407 e. The molecule has 1 heterocycles. The third-order valence-corrected chi connectivity index (χ3v) is 8.04. The molecule has 0 saturated heterocycles. The number of anilines is 1. The van der Waals surface area contributed by atoms with Crippen molar-refractivity contribution in [1.29, 1.82) is 0 Å². The molecule has 2 aromatic carbocycles. The van der Waals surface area contributed by atoms with Crippen LogP contribution in [0.5, 0.6) is 0 Å². The highest BCUT2D eigenvalue weighted by atomic mass is 32.2. The summed E-state index contributed by atoms with van der Waals surface area (Å²) in [6, 6.07) is 11.8. The van der Waals surface area contributed by atoms with Crippen LogP contribution in [0.15, 0.2) is 62.7 Å². The second-order valence-electron chi connectivity index (χ2n) is 7.75. The van der Waals surface area contributed by atoms with Crippen molar-refractivity contribution in [2.45, 2.75) is 36.0 Å². The van der Waals surface area contributed by atoms with Gasteiger partial charge in [-0.1, -0.05) is 30.6 Å². The Balaban J connectivity index is 1.63. The maximum Gasteiger partial charge on any atom is 0.322 e. The number of carbonyl (C=O) groups excluding carboxylic acids is 1. The van der Waals surface area contributed by atoms with Gasteiger partial charge in [0.25, 0.3) is 5.91 Å². The van der Waals surface area contributed by atoms with Gasteiger partial charge in [0.1, 0.15) is 0 Å². The van der Waals surface area contributed by atoms with Crippen molar-refractivity contribution in [2.24, 2.45) is 0 Å². The fourth-order valence-electron chi connectivity index (χ4n) is 3.03. The van der Waals surface area contributed by atoms with Gasteiger partial charge in [-0.2, -0.15) is 0 Å². The molecule has 34 heavy (non-hydrogen) atoms. The molecule has 3 aromatic rings. The highest BCUT2D eigenvalue weighted by Crippen LogP contribution is 2.18. The first kappa shape index (κ1) is 25.5. The predicted octanol–water partition coefficient (Wildman–Crippen LogP) is 2.74. The van der Waals surface area contributed by atoms with E-state index in [4.69, 9.17) is 4.42 Å². The minimum absolute atomic E-state index is 0.102. The molecule has 0 bridgehead atoms. The van der Waals surface area contributed by atoms with Crippen LogP contribution in [-0.2, 0) is 26.3 Å². The topological polar surface area (TPSA) is 140 Å². The number of carbonyl (C=O) groups is 1. The maximum absolute atomic E-state index is 12.6. The number of rotatable bonds is 10. The molecule has 10 nitrogen and oxygen atoms in total. The van der Waals surface area contributed by atoms with Crippen LogP contribution in [-0.4, -0.2) is 57.1 Å². The first-order valence-corrected chi connectivity index (χ1v) is 13.8. The Kier molecular flexibility index (Phi) is 7.85. The van der Waals surface area contributed by atoms with Crippen LogP contribution in [0.25, 0.3) is 0 Å². The maximum atomic E-state index is 12.6. The van der Waals surface area contributed by atoms with Gasteiger partial charge in [-0.15, -0.1) is 5.10 Å². The standard InChI is InChI=1S/C22H26N4O6S2/c1-4-5-14-26(2)34(30,31)19-12-8-17(9-13-19)21(27)23-22-25-24-20(32-22)15-16-6-10-18(11-7-16)33(3,28)29/h6-13H,4-5,14-15H2,1-3H3,(H,23,25,27). The van der Waals surface area contributed by atoms with Crippen molar-refractivity contribution >= 4 is 31.8 Å². The van der Waals surface area contributed by atoms with Crippen LogP contribution in [0.4, 0.5) is 6.01 Å². The molecular formula is C22H26N4O6S2. The summed E-state index contributed by atoms with van der Waals surface area (Å²) in [5.74, 6) is -0.296. The molecule has 0 saturated carbocycles. The van der Waals surface area contributed by atoms with Crippen LogP contribution in [0.1, 0.15) is 41.6 Å². The molecule has 0 spiro atoms. The van der Waals surface area contributed by atoms with Crippen LogP contribution >= 0.6 is 0 Å². The zero-order valence-corrected chi connectivity index (χ0v) is 20.7. The van der Waals surface area contributed by atoms with Gasteiger partial charge in [0, 0.05) is 25.4 Å². The molecule has 0 atom stereocenters. The molecule has 3 rings (SSSR count). The first-order chi connectivity index (χ1) is 16.0. The van der Waals surface area contributed by atoms with E-state index in [1.807, 2.05) is 6.92 Å². The lowest BCUT2D eigenvalue weighted by Gasteiger charge is -2.16. The van der Waals surface area contributed by atoms with Crippen molar-refractivity contribution in [3.05, 3.63) is 65.5 Å². The number of aromatic nitrogens is 2. The van der Waals surface area contributed by atoms with Gasteiger partial charge in [0.15, 0.2) is 9.84 Å². The van der Waals surface area contributed by atoms with Crippen molar-refractivity contribution in [1.82, 2.24) is 14.5 Å². The Morgan fingerprint density at radius 2 is 1.59 bits per heavy atom. The number of sulfonamides is 1. The predicted molar refractivity (Wildman–Crippen MR) is 126 cm³/mol. The summed E-state index contributed by atoms with van der Waals surface area (Å²) >= 11 is 0. The van der Waals surface area contributed by atoms with Crippen LogP contribution in [0, 0.1) is 0 Å². The molecule has 182 valence electrons. The summed E-state index contributed by atoms with van der Waals surface area (Å²) in [5.41, 5.74) is 0.987. The van der Waals surface area contributed by atoms with E-state index in [9.17, 15) is 21.6 Å². The lowest BCUT2D eigenvalue weighted by Crippen LogP contribution is -2.28. The quantitative estimate of drug-likeness (QED) is 0.443. The molecule has 0 aliphatic heterocycles. The summed E-state index contributed by atoms with van der Waals surface area (Å²) in [6.45, 7) is 2.40. The van der Waals surface area contributed by atoms with Gasteiger partial charge in [-0.3, -0.25) is 10.1 Å². The van der Waals surface area contributed by atoms with Gasteiger partial charge >= 0.3 is 6.01 Å². The lowest BCUT2D eigenvalue weighted by atomic mass is 10.1. The Labute approximate surface area is 199 Å². The monoisotopic (exact) mass is 506 g/mol. The molecule has 0 radical (unpaired) electrons. The number of benzene rings is 2. The molecule has 1 amide bonds. The normalized spacial score (nSPS) is 12.1. The van der Waals surface area contributed by atoms with E-state index in [1.54, 1.807) is 12.1 Å². The number of hydrogen-bond donors (Lipinski definition) is 1. The van der Waals surface area contributed by atoms with Gasteiger partial charge in [-0.05, 0) is 48.4 Å². The second kappa shape index (κ2) is 10.5. The van der Waals surface area contributed by atoms with Crippen molar-refractivity contribution in [2.75, 3.05) is 25.2 Å². The summed E-state index contributed by atoms with van der Waals surface area (Å²) in [5, 5.41) is 10.2. The second-order valence-corrected chi connectivity index (χ2v) is 11.8. The molecule has 0 fully saturated rings. The molecule has 1 aromatic heterocycles. The number of amides is 1. The fraction of sp³-hybridized carbons (Fsp3) is 0.318. The summed E-state index contributed by atoms with van der Waals surface area (Å²) in [4.78, 5) is 12.8. The highest BCUT2D eigenvalue weighted by Gasteiger charge is 2.21. The zero-order valence-electron chi connectivity index (χ0n) is 19.1. The van der Waals surface area contributed by atoms with E-state index in [0.29, 0.717) is 6.54 Å². The van der Waals surface area contributed by atoms with E-state index >= 15 is 0 Å². The zero-order chi connectivity index (χ0) is 24.9. The van der Waals surface area contributed by atoms with Crippen LogP contribution in [0.3, 0.4) is 0 Å². The van der Waals surface area contributed by atoms with Gasteiger partial charge < -0.3 is 4.42 Å². The summed E-state index contributed by atoms with van der Waals surface area (Å²) in [6.07, 6.45) is 3.03. The Bertz CT molecular complexity index is 1350. The largest absolute Gasteiger partial charge is 0.407 e. The highest BCUT2D eigenvalue weighted by molar-refractivity contribution is 7.90. The number of sulfone groups is 1.